The van der Waals surface area contributed by atoms with Crippen LogP contribution in [-0.2, 0) is 9.53 Å². The molecule has 7 atom stereocenters. The lowest BCUT2D eigenvalue weighted by atomic mass is 9.44. The van der Waals surface area contributed by atoms with Crippen LogP contribution in [0, 0.1) is 34.0 Å². The molecular formula is C20H32O3. The Balaban J connectivity index is 2.22. The maximum absolute atomic E-state index is 12.9. The van der Waals surface area contributed by atoms with Crippen molar-refractivity contribution in [3.8, 4) is 0 Å². The first-order valence-corrected chi connectivity index (χ1v) is 9.05. The van der Waals surface area contributed by atoms with Crippen molar-refractivity contribution in [2.75, 3.05) is 7.11 Å². The normalized spacial score (nSPS) is 52.0. The summed E-state index contributed by atoms with van der Waals surface area (Å²) >= 11 is 0. The molecule has 1 N–H and O–H groups in total. The lowest BCUT2D eigenvalue weighted by Gasteiger charge is -2.61. The van der Waals surface area contributed by atoms with Gasteiger partial charge in [-0.05, 0) is 42.6 Å². The van der Waals surface area contributed by atoms with Crippen LogP contribution in [0.25, 0.3) is 0 Å². The van der Waals surface area contributed by atoms with Crippen molar-refractivity contribution in [2.24, 2.45) is 34.0 Å². The molecule has 130 valence electrons. The summed E-state index contributed by atoms with van der Waals surface area (Å²) in [5, 5.41) is 11.1. The highest BCUT2D eigenvalue weighted by Gasteiger charge is 2.66. The minimum atomic E-state index is -0.434. The van der Waals surface area contributed by atoms with Crippen LogP contribution in [0.2, 0.25) is 0 Å². The first-order chi connectivity index (χ1) is 10.6. The van der Waals surface area contributed by atoms with E-state index in [0.717, 1.165) is 19.3 Å². The van der Waals surface area contributed by atoms with Crippen LogP contribution in [0.4, 0.5) is 0 Å². The van der Waals surface area contributed by atoms with Crippen molar-refractivity contribution < 1.29 is 14.6 Å². The van der Waals surface area contributed by atoms with Gasteiger partial charge >= 0.3 is 0 Å². The first kappa shape index (κ1) is 17.2. The molecule has 0 amide bonds. The lowest BCUT2D eigenvalue weighted by Crippen LogP contribution is -2.62. The molecule has 3 heteroatoms. The standard InChI is InChI=1S/C20H32O3/c1-12-7-9-20-10-8-14(21)16(20)19(12,5)15(23-6)11-18(3,4)17(22)13(20)2/h8,10,12-13,15-17,22H,7,9,11H2,1-6H3. The third-order valence-electron chi connectivity index (χ3n) is 7.89. The Kier molecular flexibility index (Phi) is 3.85. The van der Waals surface area contributed by atoms with Gasteiger partial charge in [0.1, 0.15) is 0 Å². The van der Waals surface area contributed by atoms with Gasteiger partial charge in [-0.1, -0.05) is 40.7 Å². The van der Waals surface area contributed by atoms with E-state index in [4.69, 9.17) is 4.74 Å². The topological polar surface area (TPSA) is 46.5 Å². The number of methoxy groups -OCH3 is 1. The lowest BCUT2D eigenvalue weighted by molar-refractivity contribution is -0.194. The second kappa shape index (κ2) is 5.16. The summed E-state index contributed by atoms with van der Waals surface area (Å²) in [7, 11) is 1.76. The summed E-state index contributed by atoms with van der Waals surface area (Å²) in [6, 6.07) is 0. The fourth-order valence-electron chi connectivity index (χ4n) is 6.14. The van der Waals surface area contributed by atoms with Crippen LogP contribution < -0.4 is 0 Å². The largest absolute Gasteiger partial charge is 0.392 e. The van der Waals surface area contributed by atoms with Gasteiger partial charge in [0.2, 0.25) is 0 Å². The van der Waals surface area contributed by atoms with Gasteiger partial charge in [0.05, 0.1) is 12.2 Å². The highest BCUT2D eigenvalue weighted by Crippen LogP contribution is 2.65. The molecule has 2 fully saturated rings. The Hall–Kier alpha value is -0.670. The number of allylic oxidation sites excluding steroid dienone is 2. The molecule has 3 rings (SSSR count). The molecule has 0 spiro atoms. The number of hydrogen-bond acceptors (Lipinski definition) is 3. The van der Waals surface area contributed by atoms with Crippen LogP contribution in [-0.4, -0.2) is 30.2 Å². The maximum Gasteiger partial charge on any atom is 0.159 e. The van der Waals surface area contributed by atoms with E-state index in [-0.39, 0.29) is 40.0 Å². The molecule has 3 aliphatic carbocycles. The monoisotopic (exact) mass is 320 g/mol. The van der Waals surface area contributed by atoms with E-state index < -0.39 is 6.10 Å². The Bertz CT molecular complexity index is 537. The van der Waals surface area contributed by atoms with Crippen molar-refractivity contribution in [3.63, 3.8) is 0 Å². The van der Waals surface area contributed by atoms with Gasteiger partial charge in [0, 0.05) is 23.9 Å². The number of ketones is 1. The number of rotatable bonds is 1. The fraction of sp³-hybridized carbons (Fsp3) is 0.850. The van der Waals surface area contributed by atoms with Crippen molar-refractivity contribution in [1.29, 1.82) is 0 Å². The third-order valence-corrected chi connectivity index (χ3v) is 7.89. The molecule has 0 radical (unpaired) electrons. The van der Waals surface area contributed by atoms with Crippen LogP contribution >= 0.6 is 0 Å². The molecule has 2 saturated carbocycles. The summed E-state index contributed by atoms with van der Waals surface area (Å²) < 4.78 is 5.97. The highest BCUT2D eigenvalue weighted by atomic mass is 16.5. The molecule has 0 aliphatic heterocycles. The van der Waals surface area contributed by atoms with Crippen molar-refractivity contribution in [3.05, 3.63) is 12.2 Å². The Morgan fingerprint density at radius 1 is 1.26 bits per heavy atom. The average Bonchev–Trinajstić information content (AvgIpc) is 2.85. The molecule has 0 aromatic heterocycles. The number of hydrogen-bond donors (Lipinski definition) is 1. The zero-order valence-electron chi connectivity index (χ0n) is 15.4. The average molecular weight is 320 g/mol. The second-order valence-electron chi connectivity index (χ2n) is 9.24. The van der Waals surface area contributed by atoms with E-state index in [1.807, 2.05) is 0 Å². The molecule has 0 aromatic carbocycles. The van der Waals surface area contributed by atoms with Gasteiger partial charge in [-0.3, -0.25) is 4.79 Å². The second-order valence-corrected chi connectivity index (χ2v) is 9.24. The predicted molar refractivity (Wildman–Crippen MR) is 90.9 cm³/mol. The minimum absolute atomic E-state index is 0.0109. The van der Waals surface area contributed by atoms with Gasteiger partial charge < -0.3 is 9.84 Å². The Morgan fingerprint density at radius 3 is 2.52 bits per heavy atom. The van der Waals surface area contributed by atoms with Crippen molar-refractivity contribution >= 4 is 5.78 Å². The summed E-state index contributed by atoms with van der Waals surface area (Å²) in [4.78, 5) is 12.9. The molecule has 2 bridgehead atoms. The van der Waals surface area contributed by atoms with E-state index in [2.05, 4.69) is 40.7 Å². The molecule has 3 aliphatic rings. The Morgan fingerprint density at radius 2 is 1.91 bits per heavy atom. The Labute approximate surface area is 140 Å². The van der Waals surface area contributed by atoms with Crippen LogP contribution in [0.15, 0.2) is 12.2 Å². The van der Waals surface area contributed by atoms with E-state index in [1.165, 1.54) is 0 Å². The van der Waals surface area contributed by atoms with Gasteiger partial charge in [0.15, 0.2) is 5.78 Å². The number of carbonyl (C=O) groups excluding carboxylic acids is 1. The van der Waals surface area contributed by atoms with Crippen molar-refractivity contribution in [2.45, 2.75) is 66.1 Å². The maximum atomic E-state index is 12.9. The predicted octanol–water partition coefficient (Wildman–Crippen LogP) is 3.61. The molecule has 7 unspecified atom stereocenters. The summed E-state index contributed by atoms with van der Waals surface area (Å²) in [5.41, 5.74) is -0.624. The molecule has 3 nitrogen and oxygen atoms in total. The summed E-state index contributed by atoms with van der Waals surface area (Å²) in [6.45, 7) is 11.0. The molecule has 0 saturated heterocycles. The van der Waals surface area contributed by atoms with E-state index in [0.29, 0.717) is 5.92 Å². The van der Waals surface area contributed by atoms with Gasteiger partial charge in [0.25, 0.3) is 0 Å². The first-order valence-electron chi connectivity index (χ1n) is 9.05. The molecule has 0 heterocycles. The van der Waals surface area contributed by atoms with Gasteiger partial charge in [-0.25, -0.2) is 0 Å². The fourth-order valence-corrected chi connectivity index (χ4v) is 6.14. The molecule has 23 heavy (non-hydrogen) atoms. The van der Waals surface area contributed by atoms with E-state index >= 15 is 0 Å². The summed E-state index contributed by atoms with van der Waals surface area (Å²) in [6.07, 6.45) is 6.33. The number of ether oxygens (including phenoxy) is 1. The van der Waals surface area contributed by atoms with Crippen LogP contribution in [0.1, 0.15) is 53.9 Å². The van der Waals surface area contributed by atoms with Crippen LogP contribution in [0.3, 0.4) is 0 Å². The van der Waals surface area contributed by atoms with Gasteiger partial charge in [-0.2, -0.15) is 0 Å². The van der Waals surface area contributed by atoms with Crippen molar-refractivity contribution in [1.82, 2.24) is 0 Å². The van der Waals surface area contributed by atoms with E-state index in [9.17, 15) is 9.90 Å². The molecule has 0 aromatic rings. The minimum Gasteiger partial charge on any atom is -0.392 e. The number of carbonyl (C=O) groups is 1. The third kappa shape index (κ3) is 2.05. The number of aliphatic hydroxyl groups excluding tert-OH is 1. The quantitative estimate of drug-likeness (QED) is 0.803. The zero-order chi connectivity index (χ0) is 17.2. The number of aliphatic hydroxyl groups is 1. The smallest absolute Gasteiger partial charge is 0.159 e. The van der Waals surface area contributed by atoms with Crippen LogP contribution in [0.5, 0.6) is 0 Å². The van der Waals surface area contributed by atoms with E-state index in [1.54, 1.807) is 13.2 Å². The SMILES string of the molecule is COC1CC(C)(C)C(O)C(C)C23C=CC(=O)C2C1(C)C(C)CC3. The zero-order valence-corrected chi connectivity index (χ0v) is 15.4. The van der Waals surface area contributed by atoms with Gasteiger partial charge in [-0.15, -0.1) is 0 Å². The summed E-state index contributed by atoms with van der Waals surface area (Å²) in [5.74, 6) is 0.687. The molecular weight excluding hydrogens is 288 g/mol. The highest BCUT2D eigenvalue weighted by molar-refractivity contribution is 5.96.